The Morgan fingerprint density at radius 3 is 2.43 bits per heavy atom. The van der Waals surface area contributed by atoms with Crippen molar-refractivity contribution in [1.29, 1.82) is 0 Å². The molecule has 2 fully saturated rings. The minimum absolute atomic E-state index is 0.620. The predicted octanol–water partition coefficient (Wildman–Crippen LogP) is 3.92. The number of hydrogen-bond donors (Lipinski definition) is 1. The molecular weight excluding hydrogens is 256 g/mol. The summed E-state index contributed by atoms with van der Waals surface area (Å²) in [5, 5.41) is 3.63. The predicted molar refractivity (Wildman–Crippen MR) is 89.6 cm³/mol. The van der Waals surface area contributed by atoms with E-state index >= 15 is 0 Å². The molecular formula is C19H30N2. The van der Waals surface area contributed by atoms with Crippen LogP contribution in [0.2, 0.25) is 0 Å². The molecule has 2 nitrogen and oxygen atoms in total. The van der Waals surface area contributed by atoms with Gasteiger partial charge in [0.15, 0.2) is 0 Å². The molecule has 2 aliphatic rings. The van der Waals surface area contributed by atoms with Gasteiger partial charge in [0.05, 0.1) is 0 Å². The van der Waals surface area contributed by atoms with Crippen molar-refractivity contribution in [3.05, 3.63) is 35.4 Å². The highest BCUT2D eigenvalue weighted by molar-refractivity contribution is 5.25. The molecule has 0 amide bonds. The van der Waals surface area contributed by atoms with Crippen LogP contribution in [0.3, 0.4) is 0 Å². The smallest absolute Gasteiger partial charge is 0.0236 e. The van der Waals surface area contributed by atoms with E-state index in [2.05, 4.69) is 48.3 Å². The van der Waals surface area contributed by atoms with Crippen LogP contribution in [0.4, 0.5) is 0 Å². The molecule has 1 N–H and O–H groups in total. The van der Waals surface area contributed by atoms with Crippen LogP contribution in [-0.4, -0.2) is 30.1 Å². The largest absolute Gasteiger partial charge is 0.313 e. The Balaban J connectivity index is 1.52. The monoisotopic (exact) mass is 286 g/mol. The van der Waals surface area contributed by atoms with Crippen molar-refractivity contribution < 1.29 is 0 Å². The third kappa shape index (κ3) is 4.55. The van der Waals surface area contributed by atoms with Crippen molar-refractivity contribution >= 4 is 0 Å². The summed E-state index contributed by atoms with van der Waals surface area (Å²) in [6.45, 7) is 8.11. The van der Waals surface area contributed by atoms with Crippen LogP contribution in [0, 0.1) is 0 Å². The lowest BCUT2D eigenvalue weighted by molar-refractivity contribution is 0.255. The van der Waals surface area contributed by atoms with Crippen LogP contribution in [0.5, 0.6) is 0 Å². The van der Waals surface area contributed by atoms with Gasteiger partial charge in [0.2, 0.25) is 0 Å². The normalized spacial score (nSPS) is 20.0. The zero-order chi connectivity index (χ0) is 14.7. The Kier molecular flexibility index (Phi) is 4.97. The Labute approximate surface area is 129 Å². The summed E-state index contributed by atoms with van der Waals surface area (Å²) in [5.41, 5.74) is 2.95. The summed E-state index contributed by atoms with van der Waals surface area (Å²) < 4.78 is 0. The van der Waals surface area contributed by atoms with Crippen molar-refractivity contribution in [2.75, 3.05) is 13.1 Å². The van der Waals surface area contributed by atoms with Gasteiger partial charge in [-0.05, 0) is 55.7 Å². The molecule has 1 unspecified atom stereocenters. The Bertz CT molecular complexity index is 431. The molecule has 2 heteroatoms. The molecule has 2 saturated carbocycles. The molecule has 2 aliphatic carbocycles. The Morgan fingerprint density at radius 1 is 1.14 bits per heavy atom. The molecule has 21 heavy (non-hydrogen) atoms. The van der Waals surface area contributed by atoms with Gasteiger partial charge in [-0.15, -0.1) is 0 Å². The van der Waals surface area contributed by atoms with Gasteiger partial charge in [-0.2, -0.15) is 0 Å². The molecule has 116 valence electrons. The highest BCUT2D eigenvalue weighted by Crippen LogP contribution is 2.28. The highest BCUT2D eigenvalue weighted by Gasteiger charge is 2.28. The summed E-state index contributed by atoms with van der Waals surface area (Å²) in [7, 11) is 0. The van der Waals surface area contributed by atoms with Gasteiger partial charge < -0.3 is 5.32 Å². The number of benzene rings is 1. The topological polar surface area (TPSA) is 15.3 Å². The summed E-state index contributed by atoms with van der Waals surface area (Å²) >= 11 is 0. The SMILES string of the molecule is CCCN(Cc1ccc(C(C)CNC2CC2)cc1)C1CC1. The zero-order valence-corrected chi connectivity index (χ0v) is 13.6. The maximum Gasteiger partial charge on any atom is 0.0236 e. The fraction of sp³-hybridized carbons (Fsp3) is 0.684. The van der Waals surface area contributed by atoms with Crippen molar-refractivity contribution in [3.63, 3.8) is 0 Å². The van der Waals surface area contributed by atoms with E-state index < -0.39 is 0 Å². The number of nitrogens with zero attached hydrogens (tertiary/aromatic N) is 1. The maximum atomic E-state index is 3.63. The summed E-state index contributed by atoms with van der Waals surface area (Å²) in [6.07, 6.45) is 6.82. The van der Waals surface area contributed by atoms with Gasteiger partial charge in [-0.1, -0.05) is 38.1 Å². The lowest BCUT2D eigenvalue weighted by Gasteiger charge is -2.21. The minimum atomic E-state index is 0.620. The van der Waals surface area contributed by atoms with E-state index in [4.69, 9.17) is 0 Å². The van der Waals surface area contributed by atoms with Crippen LogP contribution >= 0.6 is 0 Å². The third-order valence-electron chi connectivity index (χ3n) is 4.80. The Hall–Kier alpha value is -0.860. The fourth-order valence-corrected chi connectivity index (χ4v) is 3.05. The first-order valence-corrected chi connectivity index (χ1v) is 8.82. The van der Waals surface area contributed by atoms with Crippen LogP contribution < -0.4 is 5.32 Å². The first-order valence-electron chi connectivity index (χ1n) is 8.82. The van der Waals surface area contributed by atoms with E-state index in [0.717, 1.165) is 25.2 Å². The lowest BCUT2D eigenvalue weighted by atomic mass is 9.99. The van der Waals surface area contributed by atoms with Crippen LogP contribution in [0.1, 0.15) is 63.0 Å². The number of nitrogens with one attached hydrogen (secondary N) is 1. The van der Waals surface area contributed by atoms with Crippen LogP contribution in [0.15, 0.2) is 24.3 Å². The van der Waals surface area contributed by atoms with E-state index in [-0.39, 0.29) is 0 Å². The molecule has 0 heterocycles. The van der Waals surface area contributed by atoms with E-state index in [1.165, 1.54) is 49.8 Å². The molecule has 1 atom stereocenters. The van der Waals surface area contributed by atoms with Gasteiger partial charge in [-0.25, -0.2) is 0 Å². The molecule has 3 rings (SSSR count). The Morgan fingerprint density at radius 2 is 1.86 bits per heavy atom. The van der Waals surface area contributed by atoms with Crippen molar-refractivity contribution in [3.8, 4) is 0 Å². The number of rotatable bonds is 9. The molecule has 0 spiro atoms. The maximum absolute atomic E-state index is 3.63. The first kappa shape index (κ1) is 15.1. The van der Waals surface area contributed by atoms with Crippen molar-refractivity contribution in [1.82, 2.24) is 10.2 Å². The summed E-state index contributed by atoms with van der Waals surface area (Å²) in [6, 6.07) is 11.0. The summed E-state index contributed by atoms with van der Waals surface area (Å²) in [4.78, 5) is 2.66. The third-order valence-corrected chi connectivity index (χ3v) is 4.80. The van der Waals surface area contributed by atoms with E-state index in [0.29, 0.717) is 5.92 Å². The molecule has 0 aliphatic heterocycles. The van der Waals surface area contributed by atoms with Gasteiger partial charge in [0.1, 0.15) is 0 Å². The second kappa shape index (κ2) is 6.93. The average Bonchev–Trinajstić information content (AvgIpc) is 3.39. The number of hydrogen-bond acceptors (Lipinski definition) is 2. The van der Waals surface area contributed by atoms with Crippen LogP contribution in [-0.2, 0) is 6.54 Å². The summed E-state index contributed by atoms with van der Waals surface area (Å²) in [5.74, 6) is 0.620. The van der Waals surface area contributed by atoms with E-state index in [9.17, 15) is 0 Å². The van der Waals surface area contributed by atoms with E-state index in [1.54, 1.807) is 0 Å². The molecule has 0 saturated heterocycles. The lowest BCUT2D eigenvalue weighted by Crippen LogP contribution is -2.26. The molecule has 1 aromatic carbocycles. The van der Waals surface area contributed by atoms with Crippen molar-refractivity contribution in [2.24, 2.45) is 0 Å². The van der Waals surface area contributed by atoms with Crippen molar-refractivity contribution in [2.45, 2.75) is 70.5 Å². The van der Waals surface area contributed by atoms with Gasteiger partial charge in [0.25, 0.3) is 0 Å². The molecule has 0 bridgehead atoms. The van der Waals surface area contributed by atoms with Crippen LogP contribution in [0.25, 0.3) is 0 Å². The van der Waals surface area contributed by atoms with E-state index in [1.807, 2.05) is 0 Å². The highest BCUT2D eigenvalue weighted by atomic mass is 15.2. The fourth-order valence-electron chi connectivity index (χ4n) is 3.05. The molecule has 0 aromatic heterocycles. The zero-order valence-electron chi connectivity index (χ0n) is 13.6. The van der Waals surface area contributed by atoms with Gasteiger partial charge >= 0.3 is 0 Å². The van der Waals surface area contributed by atoms with Gasteiger partial charge in [0, 0.05) is 25.2 Å². The standard InChI is InChI=1S/C19H30N2/c1-3-12-21(19-10-11-19)14-16-4-6-17(7-5-16)15(2)13-20-18-8-9-18/h4-7,15,18-20H,3,8-14H2,1-2H3. The second-order valence-electron chi connectivity index (χ2n) is 7.03. The quantitative estimate of drug-likeness (QED) is 0.740. The second-order valence-corrected chi connectivity index (χ2v) is 7.03. The van der Waals surface area contributed by atoms with Gasteiger partial charge in [-0.3, -0.25) is 4.90 Å². The first-order chi connectivity index (χ1) is 10.3. The average molecular weight is 286 g/mol. The molecule has 0 radical (unpaired) electrons. The minimum Gasteiger partial charge on any atom is -0.313 e. The molecule has 1 aromatic rings.